The lowest BCUT2D eigenvalue weighted by Gasteiger charge is -2.08. The van der Waals surface area contributed by atoms with E-state index in [1.165, 1.54) is 7.11 Å². The molecule has 0 radical (unpaired) electrons. The number of amides is 1. The van der Waals surface area contributed by atoms with Gasteiger partial charge in [0.2, 0.25) is 5.91 Å². The molecule has 2 rings (SSSR count). The highest BCUT2D eigenvalue weighted by Gasteiger charge is 2.06. The fourth-order valence-electron chi connectivity index (χ4n) is 1.82. The van der Waals surface area contributed by atoms with E-state index in [-0.39, 0.29) is 12.5 Å². The summed E-state index contributed by atoms with van der Waals surface area (Å²) in [6.07, 6.45) is 3.38. The van der Waals surface area contributed by atoms with Gasteiger partial charge in [0.1, 0.15) is 0 Å². The number of hydrogen-bond acceptors (Lipinski definition) is 5. The van der Waals surface area contributed by atoms with Gasteiger partial charge in [0, 0.05) is 24.6 Å². The summed E-state index contributed by atoms with van der Waals surface area (Å²) >= 11 is 0. The van der Waals surface area contributed by atoms with Crippen LogP contribution in [0.3, 0.4) is 0 Å². The Kier molecular flexibility index (Phi) is 5.48. The molecular formula is C16H17N3O3. The van der Waals surface area contributed by atoms with E-state index in [1.807, 2.05) is 12.1 Å². The number of pyridine rings is 1. The fraction of sp³-hybridized carbons (Fsp3) is 0.188. The van der Waals surface area contributed by atoms with Crippen LogP contribution in [0, 0.1) is 0 Å². The maximum atomic E-state index is 11.8. The molecule has 0 bridgehead atoms. The standard InChI is InChI=1S/C16H17N3O3/c1-22-16(21)13-5-2-6-14(8-13)18-11-15(20)19-10-12-4-3-7-17-9-12/h2-9,18H,10-11H2,1H3,(H,19,20). The van der Waals surface area contributed by atoms with Crippen molar-refractivity contribution in [1.82, 2.24) is 10.3 Å². The van der Waals surface area contributed by atoms with Crippen molar-refractivity contribution in [3.63, 3.8) is 0 Å². The molecule has 6 nitrogen and oxygen atoms in total. The number of ether oxygens (including phenoxy) is 1. The van der Waals surface area contributed by atoms with E-state index < -0.39 is 5.97 Å². The lowest BCUT2D eigenvalue weighted by atomic mass is 10.2. The van der Waals surface area contributed by atoms with Gasteiger partial charge < -0.3 is 15.4 Å². The Hall–Kier alpha value is -2.89. The Morgan fingerprint density at radius 3 is 2.82 bits per heavy atom. The van der Waals surface area contributed by atoms with E-state index in [4.69, 9.17) is 0 Å². The first kappa shape index (κ1) is 15.5. The molecule has 0 aliphatic heterocycles. The quantitative estimate of drug-likeness (QED) is 0.792. The lowest BCUT2D eigenvalue weighted by molar-refractivity contribution is -0.119. The molecule has 6 heteroatoms. The zero-order valence-electron chi connectivity index (χ0n) is 12.2. The number of hydrogen-bond donors (Lipinski definition) is 2. The van der Waals surface area contributed by atoms with E-state index >= 15 is 0 Å². The number of rotatable bonds is 6. The molecule has 0 fully saturated rings. The van der Waals surface area contributed by atoms with Crippen LogP contribution in [0.4, 0.5) is 5.69 Å². The van der Waals surface area contributed by atoms with Gasteiger partial charge >= 0.3 is 5.97 Å². The molecule has 2 aromatic rings. The molecule has 1 amide bonds. The number of anilines is 1. The summed E-state index contributed by atoms with van der Waals surface area (Å²) in [5, 5.41) is 5.75. The average molecular weight is 299 g/mol. The molecule has 0 saturated heterocycles. The zero-order chi connectivity index (χ0) is 15.8. The molecule has 2 N–H and O–H groups in total. The van der Waals surface area contributed by atoms with Crippen LogP contribution in [0.2, 0.25) is 0 Å². The van der Waals surface area contributed by atoms with Gasteiger partial charge in [-0.3, -0.25) is 9.78 Å². The lowest BCUT2D eigenvalue weighted by Crippen LogP contribution is -2.29. The first-order valence-corrected chi connectivity index (χ1v) is 6.77. The van der Waals surface area contributed by atoms with Crippen molar-refractivity contribution in [3.05, 3.63) is 59.9 Å². The van der Waals surface area contributed by atoms with Gasteiger partial charge in [0.05, 0.1) is 19.2 Å². The van der Waals surface area contributed by atoms with Gasteiger partial charge in [-0.2, -0.15) is 0 Å². The molecular weight excluding hydrogens is 282 g/mol. The molecule has 1 aromatic carbocycles. The largest absolute Gasteiger partial charge is 0.465 e. The zero-order valence-corrected chi connectivity index (χ0v) is 12.2. The number of carbonyl (C=O) groups is 2. The van der Waals surface area contributed by atoms with Gasteiger partial charge in [0.15, 0.2) is 0 Å². The van der Waals surface area contributed by atoms with Gasteiger partial charge in [-0.15, -0.1) is 0 Å². The SMILES string of the molecule is COC(=O)c1cccc(NCC(=O)NCc2cccnc2)c1. The summed E-state index contributed by atoms with van der Waals surface area (Å²) in [4.78, 5) is 27.2. The smallest absolute Gasteiger partial charge is 0.337 e. The van der Waals surface area contributed by atoms with Crippen molar-refractivity contribution in [3.8, 4) is 0 Å². The molecule has 0 atom stereocenters. The highest BCUT2D eigenvalue weighted by Crippen LogP contribution is 2.11. The van der Waals surface area contributed by atoms with Gasteiger partial charge in [0.25, 0.3) is 0 Å². The molecule has 0 saturated carbocycles. The second kappa shape index (κ2) is 7.78. The summed E-state index contributed by atoms with van der Waals surface area (Å²) in [5.74, 6) is -0.558. The first-order valence-electron chi connectivity index (χ1n) is 6.77. The monoisotopic (exact) mass is 299 g/mol. The van der Waals surface area contributed by atoms with Crippen molar-refractivity contribution >= 4 is 17.6 Å². The summed E-state index contributed by atoms with van der Waals surface area (Å²) in [6.45, 7) is 0.543. The molecule has 0 unspecified atom stereocenters. The summed E-state index contributed by atoms with van der Waals surface area (Å²) in [7, 11) is 1.33. The number of esters is 1. The molecule has 22 heavy (non-hydrogen) atoms. The van der Waals surface area contributed by atoms with Gasteiger partial charge in [-0.25, -0.2) is 4.79 Å². The van der Waals surface area contributed by atoms with Crippen molar-refractivity contribution < 1.29 is 14.3 Å². The van der Waals surface area contributed by atoms with E-state index in [1.54, 1.807) is 36.7 Å². The van der Waals surface area contributed by atoms with E-state index in [0.717, 1.165) is 5.56 Å². The number of nitrogens with zero attached hydrogens (tertiary/aromatic N) is 1. The van der Waals surface area contributed by atoms with Crippen LogP contribution in [0.5, 0.6) is 0 Å². The van der Waals surface area contributed by atoms with Crippen LogP contribution in [0.1, 0.15) is 15.9 Å². The van der Waals surface area contributed by atoms with E-state index in [2.05, 4.69) is 20.4 Å². The second-order valence-electron chi connectivity index (χ2n) is 4.56. The number of aromatic nitrogens is 1. The number of methoxy groups -OCH3 is 1. The number of benzene rings is 1. The number of carbonyl (C=O) groups excluding carboxylic acids is 2. The van der Waals surface area contributed by atoms with Crippen molar-refractivity contribution in [1.29, 1.82) is 0 Å². The van der Waals surface area contributed by atoms with E-state index in [9.17, 15) is 9.59 Å². The summed E-state index contributed by atoms with van der Waals surface area (Å²) in [6, 6.07) is 10.5. The molecule has 0 aliphatic carbocycles. The topological polar surface area (TPSA) is 80.3 Å². The fourth-order valence-corrected chi connectivity index (χ4v) is 1.82. The van der Waals surface area contributed by atoms with Crippen LogP contribution in [0.25, 0.3) is 0 Å². The minimum absolute atomic E-state index is 0.116. The van der Waals surface area contributed by atoms with Gasteiger partial charge in [-0.1, -0.05) is 12.1 Å². The third-order valence-corrected chi connectivity index (χ3v) is 2.95. The molecule has 1 heterocycles. The number of nitrogens with one attached hydrogen (secondary N) is 2. The minimum atomic E-state index is -0.412. The van der Waals surface area contributed by atoms with Crippen LogP contribution in [0.15, 0.2) is 48.8 Å². The van der Waals surface area contributed by atoms with Crippen LogP contribution in [-0.2, 0) is 16.1 Å². The third kappa shape index (κ3) is 4.59. The van der Waals surface area contributed by atoms with Crippen LogP contribution < -0.4 is 10.6 Å². The Bertz CT molecular complexity index is 644. The predicted molar refractivity (Wildman–Crippen MR) is 82.4 cm³/mol. The predicted octanol–water partition coefficient (Wildman–Crippen LogP) is 1.60. The average Bonchev–Trinajstić information content (AvgIpc) is 2.58. The van der Waals surface area contributed by atoms with Crippen molar-refractivity contribution in [2.45, 2.75) is 6.54 Å². The maximum Gasteiger partial charge on any atom is 0.337 e. The molecule has 1 aromatic heterocycles. The molecule has 114 valence electrons. The van der Waals surface area contributed by atoms with Crippen molar-refractivity contribution in [2.75, 3.05) is 19.0 Å². The Balaban J connectivity index is 1.82. The molecule has 0 spiro atoms. The highest BCUT2D eigenvalue weighted by atomic mass is 16.5. The molecule has 0 aliphatic rings. The normalized spacial score (nSPS) is 9.86. The van der Waals surface area contributed by atoms with Crippen LogP contribution in [-0.4, -0.2) is 30.5 Å². The second-order valence-corrected chi connectivity index (χ2v) is 4.56. The van der Waals surface area contributed by atoms with Crippen molar-refractivity contribution in [2.24, 2.45) is 0 Å². The first-order chi connectivity index (χ1) is 10.7. The maximum absolute atomic E-state index is 11.8. The third-order valence-electron chi connectivity index (χ3n) is 2.95. The summed E-state index contributed by atoms with van der Waals surface area (Å²) in [5.41, 5.74) is 2.05. The summed E-state index contributed by atoms with van der Waals surface area (Å²) < 4.78 is 4.65. The van der Waals surface area contributed by atoms with Gasteiger partial charge in [-0.05, 0) is 29.8 Å². The Morgan fingerprint density at radius 1 is 1.23 bits per heavy atom. The minimum Gasteiger partial charge on any atom is -0.465 e. The van der Waals surface area contributed by atoms with E-state index in [0.29, 0.717) is 17.8 Å². The Morgan fingerprint density at radius 2 is 2.09 bits per heavy atom. The van der Waals surface area contributed by atoms with Crippen LogP contribution >= 0.6 is 0 Å². The highest BCUT2D eigenvalue weighted by molar-refractivity contribution is 5.90. The Labute approximate surface area is 128 Å².